The molecule has 4 N–H and O–H groups in total. The molecular weight excluding hydrogens is 238 g/mol. The lowest BCUT2D eigenvalue weighted by molar-refractivity contribution is 0.0940. The molecule has 100 valence electrons. The maximum atomic E-state index is 12.1. The zero-order valence-corrected chi connectivity index (χ0v) is 11.1. The molecule has 0 bridgehead atoms. The van der Waals surface area contributed by atoms with Crippen molar-refractivity contribution < 1.29 is 4.79 Å². The van der Waals surface area contributed by atoms with Crippen LogP contribution in [0.5, 0.6) is 0 Å². The van der Waals surface area contributed by atoms with E-state index in [1.807, 2.05) is 24.3 Å². The summed E-state index contributed by atoms with van der Waals surface area (Å²) in [6.45, 7) is 2.96. The van der Waals surface area contributed by atoms with Crippen LogP contribution in [0, 0.1) is 5.41 Å². The van der Waals surface area contributed by atoms with E-state index in [0.717, 1.165) is 23.9 Å². The van der Waals surface area contributed by atoms with Crippen molar-refractivity contribution in [2.24, 2.45) is 5.41 Å². The van der Waals surface area contributed by atoms with E-state index in [2.05, 4.69) is 17.2 Å². The lowest BCUT2D eigenvalue weighted by atomic mass is 10.0. The minimum Gasteiger partial charge on any atom is -0.399 e. The number of amides is 1. The van der Waals surface area contributed by atoms with Gasteiger partial charge in [-0.1, -0.05) is 6.92 Å². The van der Waals surface area contributed by atoms with Crippen LogP contribution in [0.2, 0.25) is 0 Å². The number of nitrogens with two attached hydrogens (primary N) is 1. The van der Waals surface area contributed by atoms with Crippen molar-refractivity contribution in [2.75, 3.05) is 12.3 Å². The summed E-state index contributed by atoms with van der Waals surface area (Å²) in [6.07, 6.45) is 3.59. The van der Waals surface area contributed by atoms with Crippen molar-refractivity contribution in [1.29, 1.82) is 0 Å². The van der Waals surface area contributed by atoms with Crippen molar-refractivity contribution in [3.8, 4) is 0 Å². The highest BCUT2D eigenvalue weighted by molar-refractivity contribution is 5.98. The zero-order valence-electron chi connectivity index (χ0n) is 11.1. The van der Waals surface area contributed by atoms with Crippen molar-refractivity contribution in [3.05, 3.63) is 30.0 Å². The van der Waals surface area contributed by atoms with E-state index in [9.17, 15) is 4.79 Å². The number of carbonyl (C=O) groups is 1. The molecule has 1 aromatic heterocycles. The Kier molecular flexibility index (Phi) is 2.73. The van der Waals surface area contributed by atoms with Gasteiger partial charge in [0.1, 0.15) is 5.69 Å². The molecule has 0 unspecified atom stereocenters. The fraction of sp³-hybridized carbons (Fsp3) is 0.400. The van der Waals surface area contributed by atoms with Gasteiger partial charge < -0.3 is 16.0 Å². The number of anilines is 1. The van der Waals surface area contributed by atoms with Crippen LogP contribution in [0.3, 0.4) is 0 Å². The maximum Gasteiger partial charge on any atom is 0.267 e. The van der Waals surface area contributed by atoms with Crippen LogP contribution in [-0.2, 0) is 0 Å². The van der Waals surface area contributed by atoms with Crippen LogP contribution in [0.1, 0.15) is 36.7 Å². The van der Waals surface area contributed by atoms with Gasteiger partial charge in [0.15, 0.2) is 0 Å². The first-order valence-corrected chi connectivity index (χ1v) is 6.78. The Morgan fingerprint density at radius 1 is 1.42 bits per heavy atom. The molecule has 0 saturated heterocycles. The molecular formula is C15H19N3O. The molecule has 1 heterocycles. The van der Waals surface area contributed by atoms with Gasteiger partial charge in [-0.3, -0.25) is 4.79 Å². The van der Waals surface area contributed by atoms with Crippen molar-refractivity contribution in [2.45, 2.75) is 26.2 Å². The Balaban J connectivity index is 1.74. The van der Waals surface area contributed by atoms with Gasteiger partial charge >= 0.3 is 0 Å². The number of H-pyrrole nitrogens is 1. The molecule has 2 aromatic rings. The third-order valence-corrected chi connectivity index (χ3v) is 4.22. The number of aromatic nitrogens is 1. The normalized spacial score (nSPS) is 16.5. The summed E-state index contributed by atoms with van der Waals surface area (Å²) in [6, 6.07) is 7.45. The second-order valence-electron chi connectivity index (χ2n) is 5.57. The lowest BCUT2D eigenvalue weighted by Crippen LogP contribution is -2.30. The number of aromatic amines is 1. The summed E-state index contributed by atoms with van der Waals surface area (Å²) in [4.78, 5) is 15.2. The number of rotatable bonds is 4. The molecule has 1 aromatic carbocycles. The van der Waals surface area contributed by atoms with Gasteiger partial charge in [0.2, 0.25) is 0 Å². The first-order valence-electron chi connectivity index (χ1n) is 6.78. The molecule has 1 aliphatic carbocycles. The first-order chi connectivity index (χ1) is 9.12. The van der Waals surface area contributed by atoms with Gasteiger partial charge in [0.25, 0.3) is 5.91 Å². The van der Waals surface area contributed by atoms with E-state index in [1.54, 1.807) is 0 Å². The van der Waals surface area contributed by atoms with E-state index in [-0.39, 0.29) is 5.91 Å². The second kappa shape index (κ2) is 4.30. The second-order valence-corrected chi connectivity index (χ2v) is 5.57. The van der Waals surface area contributed by atoms with Crippen LogP contribution in [0.4, 0.5) is 5.69 Å². The smallest absolute Gasteiger partial charge is 0.267 e. The van der Waals surface area contributed by atoms with Gasteiger partial charge in [-0.15, -0.1) is 0 Å². The number of hydrogen-bond donors (Lipinski definition) is 3. The van der Waals surface area contributed by atoms with Crippen molar-refractivity contribution in [1.82, 2.24) is 10.3 Å². The Morgan fingerprint density at radius 2 is 2.21 bits per heavy atom. The number of carbonyl (C=O) groups excluding carboxylic acids is 1. The SMILES string of the molecule is CCC1(CNC(=O)c2cc3cc(N)ccc3[nH]2)CC1. The number of hydrogen-bond acceptors (Lipinski definition) is 2. The topological polar surface area (TPSA) is 70.9 Å². The molecule has 1 fully saturated rings. The molecule has 4 heteroatoms. The Hall–Kier alpha value is -1.97. The van der Waals surface area contributed by atoms with Gasteiger partial charge in [-0.2, -0.15) is 0 Å². The standard InChI is InChI=1S/C15H19N3O/c1-2-15(5-6-15)9-17-14(19)13-8-10-7-11(16)3-4-12(10)18-13/h3-4,7-8,18H,2,5-6,9,16H2,1H3,(H,17,19). The maximum absolute atomic E-state index is 12.1. The fourth-order valence-electron chi connectivity index (χ4n) is 2.47. The summed E-state index contributed by atoms with van der Waals surface area (Å²) in [5.41, 5.74) is 8.36. The summed E-state index contributed by atoms with van der Waals surface area (Å²) in [5.74, 6) is -0.0329. The molecule has 1 saturated carbocycles. The Morgan fingerprint density at radius 3 is 2.89 bits per heavy atom. The monoisotopic (exact) mass is 257 g/mol. The number of nitrogens with one attached hydrogen (secondary N) is 2. The highest BCUT2D eigenvalue weighted by Crippen LogP contribution is 2.47. The van der Waals surface area contributed by atoms with Gasteiger partial charge in [0.05, 0.1) is 0 Å². The molecule has 0 aliphatic heterocycles. The third-order valence-electron chi connectivity index (χ3n) is 4.22. The van der Waals surface area contributed by atoms with E-state index in [1.165, 1.54) is 12.8 Å². The predicted octanol–water partition coefficient (Wildman–Crippen LogP) is 2.67. The molecule has 4 nitrogen and oxygen atoms in total. The Bertz CT molecular complexity index is 625. The van der Waals surface area contributed by atoms with E-state index in [4.69, 9.17) is 5.73 Å². The van der Waals surface area contributed by atoms with Crippen molar-refractivity contribution in [3.63, 3.8) is 0 Å². The van der Waals surface area contributed by atoms with Crippen LogP contribution >= 0.6 is 0 Å². The highest BCUT2D eigenvalue weighted by Gasteiger charge is 2.40. The number of fused-ring (bicyclic) bond motifs is 1. The summed E-state index contributed by atoms with van der Waals surface area (Å²) >= 11 is 0. The fourth-order valence-corrected chi connectivity index (χ4v) is 2.47. The molecule has 0 radical (unpaired) electrons. The third kappa shape index (κ3) is 2.30. The van der Waals surface area contributed by atoms with Crippen LogP contribution in [-0.4, -0.2) is 17.4 Å². The molecule has 0 atom stereocenters. The quantitative estimate of drug-likeness (QED) is 0.737. The number of benzene rings is 1. The highest BCUT2D eigenvalue weighted by atomic mass is 16.1. The van der Waals surface area contributed by atoms with Gasteiger partial charge in [0, 0.05) is 23.1 Å². The predicted molar refractivity (Wildman–Crippen MR) is 77.0 cm³/mol. The average molecular weight is 257 g/mol. The molecule has 3 rings (SSSR count). The van der Waals surface area contributed by atoms with Crippen LogP contribution in [0.15, 0.2) is 24.3 Å². The first kappa shape index (κ1) is 12.1. The summed E-state index contributed by atoms with van der Waals surface area (Å²) in [7, 11) is 0. The largest absolute Gasteiger partial charge is 0.399 e. The molecule has 19 heavy (non-hydrogen) atoms. The van der Waals surface area contributed by atoms with Crippen LogP contribution in [0.25, 0.3) is 10.9 Å². The van der Waals surface area contributed by atoms with Crippen molar-refractivity contribution >= 4 is 22.5 Å². The number of nitrogen functional groups attached to an aromatic ring is 1. The average Bonchev–Trinajstić information content (AvgIpc) is 3.07. The van der Waals surface area contributed by atoms with Gasteiger partial charge in [-0.25, -0.2) is 0 Å². The van der Waals surface area contributed by atoms with E-state index in [0.29, 0.717) is 16.8 Å². The Labute approximate surface area is 112 Å². The summed E-state index contributed by atoms with van der Waals surface area (Å²) < 4.78 is 0. The molecule has 1 aliphatic rings. The minimum absolute atomic E-state index is 0.0329. The minimum atomic E-state index is -0.0329. The lowest BCUT2D eigenvalue weighted by Gasteiger charge is -2.12. The molecule has 0 spiro atoms. The van der Waals surface area contributed by atoms with E-state index >= 15 is 0 Å². The van der Waals surface area contributed by atoms with E-state index < -0.39 is 0 Å². The summed E-state index contributed by atoms with van der Waals surface area (Å²) in [5, 5.41) is 4.00. The zero-order chi connectivity index (χ0) is 13.5. The van der Waals surface area contributed by atoms with Gasteiger partial charge in [-0.05, 0) is 48.9 Å². The molecule has 1 amide bonds. The van der Waals surface area contributed by atoms with Crippen LogP contribution < -0.4 is 11.1 Å².